The molecule has 124 valence electrons. The summed E-state index contributed by atoms with van der Waals surface area (Å²) in [6, 6.07) is 23.6. The highest BCUT2D eigenvalue weighted by atomic mass is 79.9. The summed E-state index contributed by atoms with van der Waals surface area (Å²) in [5.74, 6) is 0. The SMILES string of the molecule is CC1(C)c2cc(Br)cc3ccc4cc(-c5ccc(C#N)cc5)cc1c4c23. The first-order valence-corrected chi connectivity index (χ1v) is 9.50. The van der Waals surface area contributed by atoms with E-state index in [4.69, 9.17) is 5.26 Å². The molecule has 0 amide bonds. The summed E-state index contributed by atoms with van der Waals surface area (Å²) in [7, 11) is 0. The van der Waals surface area contributed by atoms with E-state index >= 15 is 0 Å². The Morgan fingerprint density at radius 2 is 1.38 bits per heavy atom. The van der Waals surface area contributed by atoms with Crippen molar-refractivity contribution < 1.29 is 0 Å². The van der Waals surface area contributed by atoms with Gasteiger partial charge >= 0.3 is 0 Å². The second kappa shape index (κ2) is 5.19. The first-order chi connectivity index (χ1) is 12.5. The number of halogens is 1. The number of nitrogens with zero attached hydrogens (tertiary/aromatic N) is 1. The van der Waals surface area contributed by atoms with Crippen molar-refractivity contribution in [1.29, 1.82) is 5.26 Å². The van der Waals surface area contributed by atoms with Crippen LogP contribution in [0.1, 0.15) is 30.5 Å². The van der Waals surface area contributed by atoms with E-state index in [-0.39, 0.29) is 5.41 Å². The van der Waals surface area contributed by atoms with Gasteiger partial charge in [-0.15, -0.1) is 0 Å². The number of benzene rings is 4. The van der Waals surface area contributed by atoms with Crippen LogP contribution in [-0.2, 0) is 5.41 Å². The topological polar surface area (TPSA) is 23.8 Å². The molecule has 1 aliphatic carbocycles. The summed E-state index contributed by atoms with van der Waals surface area (Å²) in [5.41, 5.74) is 5.78. The summed E-state index contributed by atoms with van der Waals surface area (Å²) in [5, 5.41) is 14.4. The van der Waals surface area contributed by atoms with Gasteiger partial charge < -0.3 is 0 Å². The van der Waals surface area contributed by atoms with Crippen molar-refractivity contribution in [2.24, 2.45) is 0 Å². The van der Waals surface area contributed by atoms with Crippen LogP contribution in [0, 0.1) is 11.3 Å². The average Bonchev–Trinajstić information content (AvgIpc) is 2.88. The average molecular weight is 398 g/mol. The van der Waals surface area contributed by atoms with Gasteiger partial charge in [0.1, 0.15) is 0 Å². The summed E-state index contributed by atoms with van der Waals surface area (Å²) in [4.78, 5) is 0. The zero-order valence-electron chi connectivity index (χ0n) is 14.6. The van der Waals surface area contributed by atoms with Crippen molar-refractivity contribution >= 4 is 37.5 Å². The smallest absolute Gasteiger partial charge is 0.0991 e. The third-order valence-electron chi connectivity index (χ3n) is 5.69. The highest BCUT2D eigenvalue weighted by Gasteiger charge is 2.34. The van der Waals surface area contributed by atoms with Crippen LogP contribution in [0.5, 0.6) is 0 Å². The van der Waals surface area contributed by atoms with Crippen LogP contribution in [0.15, 0.2) is 65.1 Å². The molecule has 0 fully saturated rings. The monoisotopic (exact) mass is 397 g/mol. The van der Waals surface area contributed by atoms with Crippen molar-refractivity contribution in [1.82, 2.24) is 0 Å². The normalized spacial score (nSPS) is 14.2. The Bertz CT molecular complexity index is 1260. The Morgan fingerprint density at radius 1 is 0.769 bits per heavy atom. The lowest BCUT2D eigenvalue weighted by atomic mass is 9.81. The Morgan fingerprint density at radius 3 is 2.04 bits per heavy atom. The molecule has 0 unspecified atom stereocenters. The van der Waals surface area contributed by atoms with Crippen molar-refractivity contribution in [2.75, 3.05) is 0 Å². The zero-order valence-corrected chi connectivity index (χ0v) is 16.2. The molecule has 0 atom stereocenters. The molecule has 4 aromatic rings. The zero-order chi connectivity index (χ0) is 18.1. The molecule has 0 spiro atoms. The maximum atomic E-state index is 9.04. The molecular weight excluding hydrogens is 382 g/mol. The minimum Gasteiger partial charge on any atom is -0.192 e. The van der Waals surface area contributed by atoms with E-state index in [1.54, 1.807) is 0 Å². The molecular formula is C24H16BrN. The quantitative estimate of drug-likeness (QED) is 0.319. The number of nitriles is 1. The van der Waals surface area contributed by atoms with Crippen LogP contribution in [0.3, 0.4) is 0 Å². The molecule has 0 heterocycles. The molecule has 1 nitrogen and oxygen atoms in total. The summed E-state index contributed by atoms with van der Waals surface area (Å²) in [6.07, 6.45) is 0. The third kappa shape index (κ3) is 2.01. The molecule has 0 saturated heterocycles. The summed E-state index contributed by atoms with van der Waals surface area (Å²) < 4.78 is 1.13. The molecule has 0 N–H and O–H groups in total. The van der Waals surface area contributed by atoms with Crippen molar-refractivity contribution in [3.05, 3.63) is 81.8 Å². The Balaban J connectivity index is 1.84. The minimum atomic E-state index is -0.0351. The first kappa shape index (κ1) is 15.6. The molecule has 26 heavy (non-hydrogen) atoms. The van der Waals surface area contributed by atoms with Crippen LogP contribution in [0.2, 0.25) is 0 Å². The Kier molecular flexibility index (Phi) is 3.12. The predicted molar refractivity (Wildman–Crippen MR) is 111 cm³/mol. The Hall–Kier alpha value is -2.63. The maximum Gasteiger partial charge on any atom is 0.0991 e. The fourth-order valence-electron chi connectivity index (χ4n) is 4.33. The van der Waals surface area contributed by atoms with Gasteiger partial charge in [-0.05, 0) is 80.2 Å². The highest BCUT2D eigenvalue weighted by molar-refractivity contribution is 9.10. The fraction of sp³-hybridized carbons (Fsp3) is 0.125. The van der Waals surface area contributed by atoms with Crippen LogP contribution in [-0.4, -0.2) is 0 Å². The van der Waals surface area contributed by atoms with Gasteiger partial charge in [0.2, 0.25) is 0 Å². The van der Waals surface area contributed by atoms with Gasteiger partial charge in [-0.3, -0.25) is 0 Å². The fourth-order valence-corrected chi connectivity index (χ4v) is 4.80. The Labute approximate surface area is 161 Å². The van der Waals surface area contributed by atoms with E-state index in [0.717, 1.165) is 10.0 Å². The van der Waals surface area contributed by atoms with Crippen LogP contribution in [0.4, 0.5) is 0 Å². The lowest BCUT2D eigenvalue weighted by molar-refractivity contribution is 0.662. The summed E-state index contributed by atoms with van der Waals surface area (Å²) in [6.45, 7) is 4.62. The van der Waals surface area contributed by atoms with Crippen LogP contribution >= 0.6 is 15.9 Å². The van der Waals surface area contributed by atoms with Gasteiger partial charge in [-0.1, -0.05) is 54.0 Å². The van der Waals surface area contributed by atoms with Crippen molar-refractivity contribution in [3.63, 3.8) is 0 Å². The number of hydrogen-bond donors (Lipinski definition) is 0. The van der Waals surface area contributed by atoms with E-state index in [9.17, 15) is 0 Å². The van der Waals surface area contributed by atoms with Gasteiger partial charge in [0.15, 0.2) is 0 Å². The van der Waals surface area contributed by atoms with Gasteiger partial charge in [0, 0.05) is 9.89 Å². The van der Waals surface area contributed by atoms with Gasteiger partial charge in [-0.25, -0.2) is 0 Å². The standard InChI is InChI=1S/C24H16BrN/c1-24(2)20-11-18(15-5-3-14(13-26)4-6-15)9-16-7-8-17-10-19(25)12-21(24)23(17)22(16)20/h3-12H,1-2H3. The van der Waals surface area contributed by atoms with Crippen molar-refractivity contribution in [2.45, 2.75) is 19.3 Å². The molecule has 0 radical (unpaired) electrons. The van der Waals surface area contributed by atoms with Crippen LogP contribution < -0.4 is 0 Å². The molecule has 2 heteroatoms. The molecule has 4 aromatic carbocycles. The third-order valence-corrected chi connectivity index (χ3v) is 6.15. The van der Waals surface area contributed by atoms with E-state index in [1.807, 2.05) is 24.3 Å². The largest absolute Gasteiger partial charge is 0.192 e. The van der Waals surface area contributed by atoms with Crippen LogP contribution in [0.25, 0.3) is 32.7 Å². The highest BCUT2D eigenvalue weighted by Crippen LogP contribution is 2.50. The van der Waals surface area contributed by atoms with Crippen molar-refractivity contribution in [3.8, 4) is 17.2 Å². The maximum absolute atomic E-state index is 9.04. The van der Waals surface area contributed by atoms with Gasteiger partial charge in [-0.2, -0.15) is 5.26 Å². The molecule has 0 aromatic heterocycles. The van der Waals surface area contributed by atoms with E-state index in [2.05, 4.69) is 72.2 Å². The lowest BCUT2D eigenvalue weighted by Gasteiger charge is -2.23. The predicted octanol–water partition coefficient (Wildman–Crippen LogP) is 6.93. The van der Waals surface area contributed by atoms with E-state index < -0.39 is 0 Å². The van der Waals surface area contributed by atoms with E-state index in [1.165, 1.54) is 38.2 Å². The van der Waals surface area contributed by atoms with E-state index in [0.29, 0.717) is 5.56 Å². The van der Waals surface area contributed by atoms with Gasteiger partial charge in [0.25, 0.3) is 0 Å². The molecule has 0 bridgehead atoms. The summed E-state index contributed by atoms with van der Waals surface area (Å²) >= 11 is 3.68. The second-order valence-electron chi connectivity index (χ2n) is 7.55. The molecule has 0 aliphatic heterocycles. The molecule has 0 saturated carbocycles. The minimum absolute atomic E-state index is 0.0351. The first-order valence-electron chi connectivity index (χ1n) is 8.70. The lowest BCUT2D eigenvalue weighted by Crippen LogP contribution is -2.15. The number of rotatable bonds is 1. The number of hydrogen-bond acceptors (Lipinski definition) is 1. The molecule has 5 rings (SSSR count). The second-order valence-corrected chi connectivity index (χ2v) is 8.47. The molecule has 1 aliphatic rings. The van der Waals surface area contributed by atoms with Gasteiger partial charge in [0.05, 0.1) is 11.6 Å².